The number of carbonyl (C=O) groups is 1. The van der Waals surface area contributed by atoms with Crippen LogP contribution in [0.2, 0.25) is 0 Å². The molecule has 0 spiro atoms. The van der Waals surface area contributed by atoms with Gasteiger partial charge in [0, 0.05) is 6.08 Å². The van der Waals surface area contributed by atoms with Crippen molar-refractivity contribution in [1.29, 1.82) is 0 Å². The molecule has 0 saturated heterocycles. The van der Waals surface area contributed by atoms with Crippen LogP contribution in [0.3, 0.4) is 0 Å². The Hall–Kier alpha value is -0.790. The molecule has 4 heteroatoms. The van der Waals surface area contributed by atoms with E-state index in [1.54, 1.807) is 0 Å². The van der Waals surface area contributed by atoms with E-state index >= 15 is 0 Å². The Morgan fingerprint density at radius 3 is 2.56 bits per heavy atom. The SMILES string of the molecule is CCCCCCCCOC(=O)/C=C/C#CCBr.N. The van der Waals surface area contributed by atoms with Crippen LogP contribution >= 0.6 is 15.9 Å². The molecule has 0 aliphatic rings. The van der Waals surface area contributed by atoms with Crippen LogP contribution in [-0.4, -0.2) is 17.9 Å². The van der Waals surface area contributed by atoms with Crippen molar-refractivity contribution < 1.29 is 9.53 Å². The maximum atomic E-state index is 11.2. The zero-order chi connectivity index (χ0) is 12.8. The van der Waals surface area contributed by atoms with Gasteiger partial charge in [-0.2, -0.15) is 0 Å². The van der Waals surface area contributed by atoms with Crippen LogP contribution < -0.4 is 6.15 Å². The third kappa shape index (κ3) is 15.2. The summed E-state index contributed by atoms with van der Waals surface area (Å²) >= 11 is 3.17. The molecule has 3 nitrogen and oxygen atoms in total. The monoisotopic (exact) mass is 317 g/mol. The van der Waals surface area contributed by atoms with Gasteiger partial charge in [-0.25, -0.2) is 4.79 Å². The van der Waals surface area contributed by atoms with Crippen LogP contribution in [-0.2, 0) is 9.53 Å². The number of hydrogen-bond donors (Lipinski definition) is 1. The number of esters is 1. The quantitative estimate of drug-likeness (QED) is 0.242. The van der Waals surface area contributed by atoms with E-state index in [9.17, 15) is 4.79 Å². The summed E-state index contributed by atoms with van der Waals surface area (Å²) in [5.41, 5.74) is 0. The van der Waals surface area contributed by atoms with Crippen LogP contribution in [0.25, 0.3) is 0 Å². The fraction of sp³-hybridized carbons (Fsp3) is 0.643. The maximum absolute atomic E-state index is 11.2. The lowest BCUT2D eigenvalue weighted by Gasteiger charge is -2.01. The van der Waals surface area contributed by atoms with Gasteiger partial charge in [0.25, 0.3) is 0 Å². The molecular formula is C14H24BrNO2. The van der Waals surface area contributed by atoms with E-state index in [1.165, 1.54) is 37.8 Å². The topological polar surface area (TPSA) is 61.3 Å². The lowest BCUT2D eigenvalue weighted by molar-refractivity contribution is -0.137. The van der Waals surface area contributed by atoms with Crippen molar-refractivity contribution in [3.63, 3.8) is 0 Å². The summed E-state index contributed by atoms with van der Waals surface area (Å²) in [7, 11) is 0. The van der Waals surface area contributed by atoms with Gasteiger partial charge in [-0.3, -0.25) is 0 Å². The molecule has 0 aromatic rings. The minimum absolute atomic E-state index is 0. The lowest BCUT2D eigenvalue weighted by atomic mass is 10.1. The highest BCUT2D eigenvalue weighted by Gasteiger charge is 1.95. The minimum Gasteiger partial charge on any atom is -0.463 e. The summed E-state index contributed by atoms with van der Waals surface area (Å²) < 4.78 is 5.02. The first kappa shape index (κ1) is 19.5. The number of halogens is 1. The Balaban J connectivity index is 0. The minimum atomic E-state index is -0.303. The predicted octanol–water partition coefficient (Wildman–Crippen LogP) is 4.01. The van der Waals surface area contributed by atoms with Gasteiger partial charge < -0.3 is 10.9 Å². The van der Waals surface area contributed by atoms with Gasteiger partial charge in [-0.1, -0.05) is 66.8 Å². The average molecular weight is 318 g/mol. The lowest BCUT2D eigenvalue weighted by Crippen LogP contribution is -2.02. The van der Waals surface area contributed by atoms with Crippen molar-refractivity contribution in [2.24, 2.45) is 0 Å². The van der Waals surface area contributed by atoms with Gasteiger partial charge in [0.2, 0.25) is 0 Å². The molecule has 18 heavy (non-hydrogen) atoms. The van der Waals surface area contributed by atoms with Crippen molar-refractivity contribution in [2.45, 2.75) is 45.4 Å². The molecule has 0 bridgehead atoms. The highest BCUT2D eigenvalue weighted by molar-refractivity contribution is 9.09. The molecular weight excluding hydrogens is 294 g/mol. The summed E-state index contributed by atoms with van der Waals surface area (Å²) in [6, 6.07) is 0. The summed E-state index contributed by atoms with van der Waals surface area (Å²) in [5, 5.41) is 0.615. The first-order valence-corrected chi connectivity index (χ1v) is 7.31. The van der Waals surface area contributed by atoms with Crippen molar-refractivity contribution in [3.8, 4) is 11.8 Å². The maximum Gasteiger partial charge on any atom is 0.331 e. The second-order valence-corrected chi connectivity index (χ2v) is 4.28. The molecule has 0 atom stereocenters. The molecule has 0 unspecified atom stereocenters. The molecule has 0 aliphatic carbocycles. The highest BCUT2D eigenvalue weighted by Crippen LogP contribution is 2.04. The van der Waals surface area contributed by atoms with E-state index in [-0.39, 0.29) is 12.1 Å². The highest BCUT2D eigenvalue weighted by atomic mass is 79.9. The van der Waals surface area contributed by atoms with Crippen LogP contribution in [0.1, 0.15) is 45.4 Å². The molecule has 0 rings (SSSR count). The molecule has 0 amide bonds. The van der Waals surface area contributed by atoms with Crippen molar-refractivity contribution >= 4 is 21.9 Å². The van der Waals surface area contributed by atoms with E-state index in [0.717, 1.165) is 12.8 Å². The largest absolute Gasteiger partial charge is 0.463 e. The molecule has 3 N–H and O–H groups in total. The number of rotatable bonds is 8. The zero-order valence-electron chi connectivity index (χ0n) is 11.2. The molecule has 0 saturated carbocycles. The average Bonchev–Trinajstić information content (AvgIpc) is 2.33. The predicted molar refractivity (Wildman–Crippen MR) is 80.1 cm³/mol. The summed E-state index contributed by atoms with van der Waals surface area (Å²) in [6.45, 7) is 2.72. The van der Waals surface area contributed by atoms with Crippen LogP contribution in [0.15, 0.2) is 12.2 Å². The van der Waals surface area contributed by atoms with Gasteiger partial charge in [-0.05, 0) is 12.5 Å². The van der Waals surface area contributed by atoms with E-state index in [0.29, 0.717) is 11.9 Å². The van der Waals surface area contributed by atoms with Gasteiger partial charge >= 0.3 is 5.97 Å². The first-order chi connectivity index (χ1) is 8.31. The Morgan fingerprint density at radius 1 is 1.22 bits per heavy atom. The molecule has 0 fully saturated rings. The van der Waals surface area contributed by atoms with E-state index in [4.69, 9.17) is 4.74 Å². The Morgan fingerprint density at radius 2 is 1.89 bits per heavy atom. The Bertz CT molecular complexity index is 279. The van der Waals surface area contributed by atoms with Gasteiger partial charge in [0.15, 0.2) is 0 Å². The molecule has 0 aromatic heterocycles. The molecule has 0 radical (unpaired) electrons. The Labute approximate surface area is 119 Å². The second kappa shape index (κ2) is 16.2. The van der Waals surface area contributed by atoms with Crippen molar-refractivity contribution in [3.05, 3.63) is 12.2 Å². The van der Waals surface area contributed by atoms with Crippen molar-refractivity contribution in [2.75, 3.05) is 11.9 Å². The molecule has 0 aromatic carbocycles. The summed E-state index contributed by atoms with van der Waals surface area (Å²) in [6.07, 6.45) is 10.1. The standard InChI is InChI=1S/C14H21BrO2.H3N/c1-2-3-4-5-6-10-13-17-14(16)11-8-7-9-12-15;/h8,11H,2-6,10,12-13H2,1H3;1H3/b11-8+;. The van der Waals surface area contributed by atoms with Crippen LogP contribution in [0, 0.1) is 11.8 Å². The smallest absolute Gasteiger partial charge is 0.331 e. The number of unbranched alkanes of at least 4 members (excludes halogenated alkanes) is 5. The fourth-order valence-corrected chi connectivity index (χ4v) is 1.47. The van der Waals surface area contributed by atoms with E-state index < -0.39 is 0 Å². The van der Waals surface area contributed by atoms with Gasteiger partial charge in [0.05, 0.1) is 11.9 Å². The summed E-state index contributed by atoms with van der Waals surface area (Å²) in [5.74, 6) is 5.18. The third-order valence-corrected chi connectivity index (χ3v) is 2.49. The zero-order valence-corrected chi connectivity index (χ0v) is 12.8. The van der Waals surface area contributed by atoms with Crippen LogP contribution in [0.5, 0.6) is 0 Å². The molecule has 104 valence electrons. The Kier molecular flexibility index (Phi) is 17.6. The number of hydrogen-bond acceptors (Lipinski definition) is 3. The van der Waals surface area contributed by atoms with E-state index in [1.807, 2.05) is 0 Å². The van der Waals surface area contributed by atoms with E-state index in [2.05, 4.69) is 34.7 Å². The molecule has 0 heterocycles. The van der Waals surface area contributed by atoms with Gasteiger partial charge in [-0.15, -0.1) is 0 Å². The number of alkyl halides is 1. The second-order valence-electron chi connectivity index (χ2n) is 3.72. The first-order valence-electron chi connectivity index (χ1n) is 6.19. The number of ether oxygens (including phenoxy) is 1. The van der Waals surface area contributed by atoms with Gasteiger partial charge in [0.1, 0.15) is 0 Å². The third-order valence-electron chi connectivity index (χ3n) is 2.21. The normalized spacial score (nSPS) is 9.44. The van der Waals surface area contributed by atoms with Crippen molar-refractivity contribution in [1.82, 2.24) is 6.15 Å². The summed E-state index contributed by atoms with van der Waals surface area (Å²) in [4.78, 5) is 11.2. The fourth-order valence-electron chi connectivity index (χ4n) is 1.31. The van der Waals surface area contributed by atoms with Crippen LogP contribution in [0.4, 0.5) is 0 Å². The molecule has 0 aliphatic heterocycles. The number of carbonyl (C=O) groups excluding carboxylic acids is 1. The number of allylic oxidation sites excluding steroid dienone is 1.